The van der Waals surface area contributed by atoms with Crippen molar-refractivity contribution >= 4 is 66.6 Å². The van der Waals surface area contributed by atoms with Crippen LogP contribution in [0.4, 0.5) is 0 Å². The van der Waals surface area contributed by atoms with Crippen molar-refractivity contribution in [3.8, 4) is 5.75 Å². The Bertz CT molecular complexity index is 718. The fourth-order valence-electron chi connectivity index (χ4n) is 1.69. The van der Waals surface area contributed by atoms with Gasteiger partial charge in [-0.15, -0.1) is 0 Å². The minimum Gasteiger partial charge on any atom is -0.506 e. The predicted molar refractivity (Wildman–Crippen MR) is 102 cm³/mol. The van der Waals surface area contributed by atoms with Crippen LogP contribution in [-0.2, 0) is 11.2 Å². The van der Waals surface area contributed by atoms with Gasteiger partial charge >= 0.3 is 0 Å². The SMILES string of the molecule is O=C(Cc1ccc(Br)cc1)N/N=C\c1cc(Br)cc(I)c1O. The van der Waals surface area contributed by atoms with Crippen LogP contribution in [0.2, 0.25) is 0 Å². The van der Waals surface area contributed by atoms with E-state index in [2.05, 4.69) is 42.4 Å². The molecule has 0 aliphatic carbocycles. The molecule has 114 valence electrons. The van der Waals surface area contributed by atoms with Gasteiger partial charge in [0.25, 0.3) is 0 Å². The average Bonchev–Trinajstić information content (AvgIpc) is 2.46. The number of hydrogen-bond donors (Lipinski definition) is 2. The number of hydrazone groups is 1. The number of carbonyl (C=O) groups excluding carboxylic acids is 1. The maximum absolute atomic E-state index is 11.8. The molecule has 0 bridgehead atoms. The van der Waals surface area contributed by atoms with Crippen LogP contribution in [0.15, 0.2) is 50.4 Å². The first-order valence-corrected chi connectivity index (χ1v) is 8.86. The van der Waals surface area contributed by atoms with Crippen LogP contribution in [0, 0.1) is 3.57 Å². The Kier molecular flexibility index (Phi) is 6.39. The number of halogens is 3. The largest absolute Gasteiger partial charge is 0.506 e. The topological polar surface area (TPSA) is 61.7 Å². The highest BCUT2D eigenvalue weighted by Crippen LogP contribution is 2.27. The molecule has 0 atom stereocenters. The number of phenols is 1. The molecule has 7 heteroatoms. The minimum atomic E-state index is -0.220. The average molecular weight is 538 g/mol. The van der Waals surface area contributed by atoms with E-state index in [9.17, 15) is 9.90 Å². The fourth-order valence-corrected chi connectivity index (χ4v) is 3.50. The van der Waals surface area contributed by atoms with E-state index in [1.54, 1.807) is 12.1 Å². The van der Waals surface area contributed by atoms with Crippen molar-refractivity contribution in [1.82, 2.24) is 5.43 Å². The molecular weight excluding hydrogens is 527 g/mol. The monoisotopic (exact) mass is 536 g/mol. The van der Waals surface area contributed by atoms with Gasteiger partial charge in [0, 0.05) is 14.5 Å². The lowest BCUT2D eigenvalue weighted by Gasteiger charge is -2.03. The van der Waals surface area contributed by atoms with Gasteiger partial charge in [-0.25, -0.2) is 5.43 Å². The number of benzene rings is 2. The number of aromatic hydroxyl groups is 1. The van der Waals surface area contributed by atoms with Crippen LogP contribution >= 0.6 is 54.5 Å². The number of nitrogens with zero attached hydrogens (tertiary/aromatic N) is 1. The summed E-state index contributed by atoms with van der Waals surface area (Å²) in [6, 6.07) is 11.0. The molecule has 0 saturated heterocycles. The highest BCUT2D eigenvalue weighted by atomic mass is 127. The summed E-state index contributed by atoms with van der Waals surface area (Å²) in [5.74, 6) is -0.0857. The zero-order valence-corrected chi connectivity index (χ0v) is 16.5. The molecule has 2 N–H and O–H groups in total. The third-order valence-corrected chi connectivity index (χ3v) is 4.54. The molecule has 0 saturated carbocycles. The number of carbonyl (C=O) groups is 1. The van der Waals surface area contributed by atoms with Crippen molar-refractivity contribution in [2.45, 2.75) is 6.42 Å². The van der Waals surface area contributed by atoms with Crippen molar-refractivity contribution in [2.24, 2.45) is 5.10 Å². The lowest BCUT2D eigenvalue weighted by molar-refractivity contribution is -0.120. The predicted octanol–water partition coefficient (Wildman–Crippen LogP) is 4.21. The van der Waals surface area contributed by atoms with E-state index < -0.39 is 0 Å². The van der Waals surface area contributed by atoms with Gasteiger partial charge in [0.05, 0.1) is 16.2 Å². The molecule has 0 spiro atoms. The molecule has 4 nitrogen and oxygen atoms in total. The Hall–Kier alpha value is -0.930. The van der Waals surface area contributed by atoms with E-state index in [0.717, 1.165) is 14.5 Å². The summed E-state index contributed by atoms with van der Waals surface area (Å²) in [5.41, 5.74) is 3.88. The van der Waals surface area contributed by atoms with Gasteiger partial charge in [0.15, 0.2) is 0 Å². The molecule has 0 fully saturated rings. The van der Waals surface area contributed by atoms with Gasteiger partial charge in [-0.05, 0) is 52.4 Å². The summed E-state index contributed by atoms with van der Waals surface area (Å²) < 4.78 is 2.50. The van der Waals surface area contributed by atoms with E-state index in [-0.39, 0.29) is 18.1 Å². The summed E-state index contributed by atoms with van der Waals surface area (Å²) in [4.78, 5) is 11.8. The van der Waals surface area contributed by atoms with Gasteiger partial charge < -0.3 is 5.11 Å². The fraction of sp³-hybridized carbons (Fsp3) is 0.0667. The number of amides is 1. The van der Waals surface area contributed by atoms with Crippen molar-refractivity contribution in [3.63, 3.8) is 0 Å². The highest BCUT2D eigenvalue weighted by Gasteiger charge is 2.06. The lowest BCUT2D eigenvalue weighted by Crippen LogP contribution is -2.19. The second kappa shape index (κ2) is 8.07. The number of hydrogen-bond acceptors (Lipinski definition) is 3. The third-order valence-electron chi connectivity index (χ3n) is 2.73. The molecular formula is C15H11Br2IN2O2. The highest BCUT2D eigenvalue weighted by molar-refractivity contribution is 14.1. The molecule has 22 heavy (non-hydrogen) atoms. The van der Waals surface area contributed by atoms with E-state index in [1.807, 2.05) is 46.9 Å². The second-order valence-electron chi connectivity index (χ2n) is 4.42. The van der Waals surface area contributed by atoms with E-state index in [0.29, 0.717) is 9.13 Å². The summed E-state index contributed by atoms with van der Waals surface area (Å²) in [5, 5.41) is 13.8. The molecule has 0 radical (unpaired) electrons. The Morgan fingerprint density at radius 1 is 1.23 bits per heavy atom. The summed E-state index contributed by atoms with van der Waals surface area (Å²) in [6.07, 6.45) is 1.66. The summed E-state index contributed by atoms with van der Waals surface area (Å²) >= 11 is 8.72. The standard InChI is InChI=1S/C15H11Br2IN2O2/c16-11-3-1-9(2-4-11)5-14(21)20-19-8-10-6-12(17)7-13(18)15(10)22/h1-4,6-8,22H,5H2,(H,20,21)/b19-8-. The first kappa shape index (κ1) is 17.4. The minimum absolute atomic E-state index is 0.134. The van der Waals surface area contributed by atoms with E-state index in [1.165, 1.54) is 6.21 Å². The number of phenolic OH excluding ortho intramolecular Hbond substituents is 1. The van der Waals surface area contributed by atoms with Crippen LogP contribution in [0.1, 0.15) is 11.1 Å². The summed E-state index contributed by atoms with van der Waals surface area (Å²) in [7, 11) is 0. The molecule has 2 aromatic rings. The quantitative estimate of drug-likeness (QED) is 0.349. The Balaban J connectivity index is 1.97. The Labute approximate surface area is 158 Å². The Morgan fingerprint density at radius 2 is 1.91 bits per heavy atom. The zero-order chi connectivity index (χ0) is 16.1. The molecule has 2 aromatic carbocycles. The molecule has 0 unspecified atom stereocenters. The molecule has 2 rings (SSSR count). The molecule has 0 aromatic heterocycles. The van der Waals surface area contributed by atoms with Gasteiger partial charge in [-0.1, -0.05) is 44.0 Å². The summed E-state index contributed by atoms with van der Waals surface area (Å²) in [6.45, 7) is 0. The molecule has 1 amide bonds. The maximum atomic E-state index is 11.8. The second-order valence-corrected chi connectivity index (χ2v) is 7.42. The molecule has 0 heterocycles. The van der Waals surface area contributed by atoms with Crippen LogP contribution in [0.25, 0.3) is 0 Å². The van der Waals surface area contributed by atoms with Crippen molar-refractivity contribution < 1.29 is 9.90 Å². The molecule has 0 aliphatic rings. The normalized spacial score (nSPS) is 10.9. The number of rotatable bonds is 4. The first-order valence-electron chi connectivity index (χ1n) is 6.20. The van der Waals surface area contributed by atoms with E-state index in [4.69, 9.17) is 0 Å². The number of nitrogens with one attached hydrogen (secondary N) is 1. The van der Waals surface area contributed by atoms with Gasteiger partial charge in [-0.3, -0.25) is 4.79 Å². The first-order chi connectivity index (χ1) is 10.5. The maximum Gasteiger partial charge on any atom is 0.244 e. The van der Waals surface area contributed by atoms with Crippen molar-refractivity contribution in [1.29, 1.82) is 0 Å². The van der Waals surface area contributed by atoms with Gasteiger partial charge in [0.2, 0.25) is 5.91 Å². The zero-order valence-electron chi connectivity index (χ0n) is 11.2. The van der Waals surface area contributed by atoms with Gasteiger partial charge in [0.1, 0.15) is 5.75 Å². The van der Waals surface area contributed by atoms with Crippen molar-refractivity contribution in [3.05, 3.63) is 60.0 Å². The molecule has 0 aliphatic heterocycles. The van der Waals surface area contributed by atoms with Crippen LogP contribution in [0.5, 0.6) is 5.75 Å². The van der Waals surface area contributed by atoms with Crippen LogP contribution in [0.3, 0.4) is 0 Å². The third kappa shape index (κ3) is 5.06. The van der Waals surface area contributed by atoms with E-state index >= 15 is 0 Å². The van der Waals surface area contributed by atoms with Crippen molar-refractivity contribution in [2.75, 3.05) is 0 Å². The lowest BCUT2D eigenvalue weighted by atomic mass is 10.1. The van der Waals surface area contributed by atoms with Gasteiger partial charge in [-0.2, -0.15) is 5.10 Å². The van der Waals surface area contributed by atoms with Crippen LogP contribution in [-0.4, -0.2) is 17.2 Å². The smallest absolute Gasteiger partial charge is 0.244 e. The Morgan fingerprint density at radius 3 is 2.59 bits per heavy atom. The van der Waals surface area contributed by atoms with Crippen LogP contribution < -0.4 is 5.43 Å².